The lowest BCUT2D eigenvalue weighted by molar-refractivity contribution is -0.121. The molecule has 1 aliphatic carbocycles. The molecule has 1 aliphatic rings. The molecule has 1 aromatic rings. The highest BCUT2D eigenvalue weighted by Gasteiger charge is 2.36. The Morgan fingerprint density at radius 2 is 1.85 bits per heavy atom. The fraction of sp³-hybridized carbons (Fsp3) is 0.333. The van der Waals surface area contributed by atoms with E-state index in [1.54, 1.807) is 12.1 Å². The zero-order chi connectivity index (χ0) is 14.6. The monoisotopic (exact) mass is 272 g/mol. The average Bonchev–Trinajstić information content (AvgIpc) is 2.88. The Morgan fingerprint density at radius 3 is 2.40 bits per heavy atom. The standard InChI is InChI=1S/C15H20N4O/c16-10-7-13(17)11-3-5-12(6-4-11)19-14(20)15(18)8-1-2-9-15/h3-7,10,16H,1-2,8-9,17-18H2,(H,19,20)/b13-7-,16-10?. The van der Waals surface area contributed by atoms with Crippen LogP contribution in [-0.4, -0.2) is 17.7 Å². The zero-order valence-electron chi connectivity index (χ0n) is 11.4. The molecular formula is C15H20N4O. The van der Waals surface area contributed by atoms with Crippen molar-refractivity contribution in [3.63, 3.8) is 0 Å². The van der Waals surface area contributed by atoms with Gasteiger partial charge in [-0.1, -0.05) is 25.0 Å². The minimum atomic E-state index is -0.724. The van der Waals surface area contributed by atoms with E-state index in [4.69, 9.17) is 16.9 Å². The van der Waals surface area contributed by atoms with Gasteiger partial charge in [0, 0.05) is 17.6 Å². The summed E-state index contributed by atoms with van der Waals surface area (Å²) in [6, 6.07) is 7.19. The number of rotatable bonds is 4. The van der Waals surface area contributed by atoms with Crippen molar-refractivity contribution in [2.75, 3.05) is 5.32 Å². The topological polar surface area (TPSA) is 105 Å². The first kappa shape index (κ1) is 14.3. The Kier molecular flexibility index (Phi) is 4.20. The second kappa shape index (κ2) is 5.88. The van der Waals surface area contributed by atoms with E-state index in [0.717, 1.165) is 37.5 Å². The van der Waals surface area contributed by atoms with Crippen molar-refractivity contribution in [1.82, 2.24) is 0 Å². The van der Waals surface area contributed by atoms with E-state index in [9.17, 15) is 4.79 Å². The van der Waals surface area contributed by atoms with E-state index in [1.165, 1.54) is 6.08 Å². The highest BCUT2D eigenvalue weighted by atomic mass is 16.2. The first-order valence-electron chi connectivity index (χ1n) is 6.72. The van der Waals surface area contributed by atoms with Crippen LogP contribution in [0.25, 0.3) is 5.70 Å². The predicted molar refractivity (Wildman–Crippen MR) is 81.4 cm³/mol. The molecule has 0 spiro atoms. The fourth-order valence-electron chi connectivity index (χ4n) is 2.42. The van der Waals surface area contributed by atoms with E-state index < -0.39 is 5.54 Å². The molecule has 5 nitrogen and oxygen atoms in total. The summed E-state index contributed by atoms with van der Waals surface area (Å²) >= 11 is 0. The molecule has 0 bridgehead atoms. The summed E-state index contributed by atoms with van der Waals surface area (Å²) in [6.45, 7) is 0. The maximum absolute atomic E-state index is 12.2. The van der Waals surface area contributed by atoms with Gasteiger partial charge in [0.05, 0.1) is 5.54 Å². The van der Waals surface area contributed by atoms with Gasteiger partial charge >= 0.3 is 0 Å². The SMILES string of the molecule is N=C/C=C(\N)c1ccc(NC(=O)C2(N)CCCC2)cc1. The van der Waals surface area contributed by atoms with Crippen LogP contribution in [0.4, 0.5) is 5.69 Å². The highest BCUT2D eigenvalue weighted by molar-refractivity contribution is 5.98. The highest BCUT2D eigenvalue weighted by Crippen LogP contribution is 2.28. The van der Waals surface area contributed by atoms with Gasteiger partial charge in [0.1, 0.15) is 0 Å². The van der Waals surface area contributed by atoms with Crippen LogP contribution in [0.15, 0.2) is 30.3 Å². The van der Waals surface area contributed by atoms with Gasteiger partial charge in [-0.3, -0.25) is 4.79 Å². The van der Waals surface area contributed by atoms with Gasteiger partial charge in [-0.05, 0) is 36.6 Å². The first-order valence-corrected chi connectivity index (χ1v) is 6.72. The van der Waals surface area contributed by atoms with Crippen molar-refractivity contribution in [2.24, 2.45) is 11.5 Å². The third kappa shape index (κ3) is 3.05. The Hall–Kier alpha value is -2.14. The van der Waals surface area contributed by atoms with Crippen LogP contribution in [0.3, 0.4) is 0 Å². The average molecular weight is 272 g/mol. The molecule has 0 aromatic heterocycles. The van der Waals surface area contributed by atoms with Crippen LogP contribution in [0.1, 0.15) is 31.2 Å². The van der Waals surface area contributed by atoms with Crippen LogP contribution >= 0.6 is 0 Å². The van der Waals surface area contributed by atoms with E-state index in [1.807, 2.05) is 12.1 Å². The van der Waals surface area contributed by atoms with Crippen LogP contribution in [0.5, 0.6) is 0 Å². The number of carbonyl (C=O) groups is 1. The molecule has 5 heteroatoms. The van der Waals surface area contributed by atoms with Crippen molar-refractivity contribution in [2.45, 2.75) is 31.2 Å². The molecule has 0 atom stereocenters. The Balaban J connectivity index is 2.05. The van der Waals surface area contributed by atoms with E-state index in [-0.39, 0.29) is 5.91 Å². The molecule has 0 aliphatic heterocycles. The first-order chi connectivity index (χ1) is 9.55. The van der Waals surface area contributed by atoms with Crippen molar-refractivity contribution >= 4 is 23.5 Å². The lowest BCUT2D eigenvalue weighted by atomic mass is 9.98. The lowest BCUT2D eigenvalue weighted by Crippen LogP contribution is -2.48. The molecule has 1 aromatic carbocycles. The van der Waals surface area contributed by atoms with E-state index in [0.29, 0.717) is 11.4 Å². The number of hydrogen-bond donors (Lipinski definition) is 4. The number of hydrogen-bond acceptors (Lipinski definition) is 4. The fourth-order valence-corrected chi connectivity index (χ4v) is 2.42. The smallest absolute Gasteiger partial charge is 0.244 e. The molecule has 0 saturated heterocycles. The molecule has 1 amide bonds. The molecule has 2 rings (SSSR count). The molecule has 1 saturated carbocycles. The van der Waals surface area contributed by atoms with Gasteiger partial charge in [-0.25, -0.2) is 0 Å². The van der Waals surface area contributed by atoms with Crippen LogP contribution in [0, 0.1) is 5.41 Å². The van der Waals surface area contributed by atoms with Gasteiger partial charge in [-0.2, -0.15) is 0 Å². The Bertz CT molecular complexity index is 527. The van der Waals surface area contributed by atoms with Crippen LogP contribution < -0.4 is 16.8 Å². The Labute approximate surface area is 118 Å². The summed E-state index contributed by atoms with van der Waals surface area (Å²) in [7, 11) is 0. The number of carbonyl (C=O) groups excluding carboxylic acids is 1. The molecule has 0 radical (unpaired) electrons. The van der Waals surface area contributed by atoms with Gasteiger partial charge in [0.2, 0.25) is 5.91 Å². The molecule has 106 valence electrons. The third-order valence-electron chi connectivity index (χ3n) is 3.69. The van der Waals surface area contributed by atoms with Gasteiger partial charge in [0.15, 0.2) is 0 Å². The second-order valence-electron chi connectivity index (χ2n) is 5.18. The normalized spacial score (nSPS) is 17.8. The van der Waals surface area contributed by atoms with Gasteiger partial charge < -0.3 is 22.2 Å². The van der Waals surface area contributed by atoms with Crippen molar-refractivity contribution in [3.05, 3.63) is 35.9 Å². The maximum atomic E-state index is 12.2. The lowest BCUT2D eigenvalue weighted by Gasteiger charge is -2.22. The number of amides is 1. The molecule has 1 fully saturated rings. The number of nitrogens with one attached hydrogen (secondary N) is 2. The second-order valence-corrected chi connectivity index (χ2v) is 5.18. The molecular weight excluding hydrogens is 252 g/mol. The maximum Gasteiger partial charge on any atom is 0.244 e. The van der Waals surface area contributed by atoms with Crippen molar-refractivity contribution in [3.8, 4) is 0 Å². The zero-order valence-corrected chi connectivity index (χ0v) is 11.4. The van der Waals surface area contributed by atoms with Crippen LogP contribution in [-0.2, 0) is 4.79 Å². The quantitative estimate of drug-likeness (QED) is 0.628. The van der Waals surface area contributed by atoms with Crippen molar-refractivity contribution < 1.29 is 4.79 Å². The van der Waals surface area contributed by atoms with E-state index in [2.05, 4.69) is 5.32 Å². The van der Waals surface area contributed by atoms with Gasteiger partial charge in [-0.15, -0.1) is 0 Å². The summed E-state index contributed by atoms with van der Waals surface area (Å²) in [5.74, 6) is -0.120. The molecule has 0 heterocycles. The largest absolute Gasteiger partial charge is 0.398 e. The minimum absolute atomic E-state index is 0.120. The summed E-state index contributed by atoms with van der Waals surface area (Å²) in [5.41, 5.74) is 13.2. The molecule has 20 heavy (non-hydrogen) atoms. The molecule has 6 N–H and O–H groups in total. The number of anilines is 1. The minimum Gasteiger partial charge on any atom is -0.398 e. The van der Waals surface area contributed by atoms with Crippen molar-refractivity contribution in [1.29, 1.82) is 5.41 Å². The summed E-state index contributed by atoms with van der Waals surface area (Å²) in [4.78, 5) is 12.2. The summed E-state index contributed by atoms with van der Waals surface area (Å²) in [5, 5.41) is 9.84. The summed E-state index contributed by atoms with van der Waals surface area (Å²) < 4.78 is 0. The van der Waals surface area contributed by atoms with Gasteiger partial charge in [0.25, 0.3) is 0 Å². The molecule has 0 unspecified atom stereocenters. The number of nitrogens with two attached hydrogens (primary N) is 2. The Morgan fingerprint density at radius 1 is 1.25 bits per heavy atom. The number of allylic oxidation sites excluding steroid dienone is 1. The van der Waals surface area contributed by atoms with Crippen LogP contribution in [0.2, 0.25) is 0 Å². The summed E-state index contributed by atoms with van der Waals surface area (Å²) in [6.07, 6.45) is 6.16. The number of benzene rings is 1. The third-order valence-corrected chi connectivity index (χ3v) is 3.69. The van der Waals surface area contributed by atoms with E-state index >= 15 is 0 Å². The predicted octanol–water partition coefficient (Wildman–Crippen LogP) is 1.85.